The minimum absolute atomic E-state index is 0. The maximum atomic E-state index is 11.5. The van der Waals surface area contributed by atoms with Crippen LogP contribution < -0.4 is 11.1 Å². The molecular weight excluding hydrogens is 276 g/mol. The lowest BCUT2D eigenvalue weighted by atomic mass is 9.80. The van der Waals surface area contributed by atoms with Gasteiger partial charge in [-0.15, -0.1) is 12.4 Å². The summed E-state index contributed by atoms with van der Waals surface area (Å²) in [4.78, 5) is 11.5. The molecule has 0 radical (unpaired) electrons. The maximum absolute atomic E-state index is 11.5. The number of aryl methyl sites for hydroxylation is 1. The van der Waals surface area contributed by atoms with Gasteiger partial charge in [0.25, 0.3) is 0 Å². The minimum atomic E-state index is -0.294. The van der Waals surface area contributed by atoms with Crippen molar-refractivity contribution in [3.8, 4) is 0 Å². The van der Waals surface area contributed by atoms with Crippen molar-refractivity contribution in [3.05, 3.63) is 34.3 Å². The van der Waals surface area contributed by atoms with E-state index < -0.39 is 0 Å². The Morgan fingerprint density at radius 2 is 2.15 bits per heavy atom. The van der Waals surface area contributed by atoms with Crippen LogP contribution in [0.5, 0.6) is 0 Å². The molecule has 0 spiro atoms. The summed E-state index contributed by atoms with van der Waals surface area (Å²) in [5.41, 5.74) is 3.01. The van der Waals surface area contributed by atoms with Gasteiger partial charge in [0.15, 0.2) is 5.58 Å². The average Bonchev–Trinajstić information content (AvgIpc) is 2.63. The van der Waals surface area contributed by atoms with Gasteiger partial charge < -0.3 is 9.73 Å². The van der Waals surface area contributed by atoms with E-state index in [9.17, 15) is 4.79 Å². The number of halogens is 1. The highest BCUT2D eigenvalue weighted by atomic mass is 35.5. The summed E-state index contributed by atoms with van der Waals surface area (Å²) in [7, 11) is 1.74. The molecule has 1 N–H and O–H groups in total. The van der Waals surface area contributed by atoms with Gasteiger partial charge in [-0.25, -0.2) is 4.79 Å². The summed E-state index contributed by atoms with van der Waals surface area (Å²) in [6.45, 7) is 5.51. The monoisotopic (exact) mass is 296 g/mol. The Bertz CT molecular complexity index is 672. The minimum Gasteiger partial charge on any atom is -0.408 e. The molecule has 0 aliphatic carbocycles. The van der Waals surface area contributed by atoms with Gasteiger partial charge in [0.05, 0.1) is 5.52 Å². The van der Waals surface area contributed by atoms with Crippen LogP contribution in [0.25, 0.3) is 11.1 Å². The van der Waals surface area contributed by atoms with Crippen LogP contribution in [0.4, 0.5) is 0 Å². The molecule has 0 saturated carbocycles. The van der Waals surface area contributed by atoms with Gasteiger partial charge in [-0.1, -0.05) is 6.07 Å². The van der Waals surface area contributed by atoms with Crippen molar-refractivity contribution in [1.82, 2.24) is 9.88 Å². The van der Waals surface area contributed by atoms with Crippen molar-refractivity contribution in [3.63, 3.8) is 0 Å². The van der Waals surface area contributed by atoms with Gasteiger partial charge >= 0.3 is 5.76 Å². The first-order valence-electron chi connectivity index (χ1n) is 6.81. The van der Waals surface area contributed by atoms with Crippen LogP contribution in [-0.4, -0.2) is 16.7 Å². The third-order valence-corrected chi connectivity index (χ3v) is 4.14. The lowest BCUT2D eigenvalue weighted by Crippen LogP contribution is -2.45. The molecule has 1 unspecified atom stereocenters. The van der Waals surface area contributed by atoms with Crippen LogP contribution in [0.3, 0.4) is 0 Å². The maximum Gasteiger partial charge on any atom is 0.419 e. The SMILES string of the molecule is Cl.Cn1c(=O)oc2cc(C3CCNC(C)(C)C3)ccc21. The Kier molecular flexibility index (Phi) is 3.98. The van der Waals surface area contributed by atoms with Crippen LogP contribution in [0.15, 0.2) is 27.4 Å². The predicted octanol–water partition coefficient (Wildman–Crippen LogP) is 2.80. The topological polar surface area (TPSA) is 47.2 Å². The van der Waals surface area contributed by atoms with Crippen LogP contribution in [0, 0.1) is 0 Å². The van der Waals surface area contributed by atoms with E-state index in [2.05, 4.69) is 25.2 Å². The number of oxazole rings is 1. The molecule has 4 nitrogen and oxygen atoms in total. The molecule has 0 bridgehead atoms. The fourth-order valence-corrected chi connectivity index (χ4v) is 3.06. The molecule has 20 heavy (non-hydrogen) atoms. The van der Waals surface area contributed by atoms with E-state index in [1.54, 1.807) is 11.6 Å². The second kappa shape index (κ2) is 5.26. The molecule has 1 aliphatic heterocycles. The zero-order valence-electron chi connectivity index (χ0n) is 12.1. The van der Waals surface area contributed by atoms with Crippen LogP contribution in [0.1, 0.15) is 38.2 Å². The smallest absolute Gasteiger partial charge is 0.408 e. The van der Waals surface area contributed by atoms with Crippen molar-refractivity contribution >= 4 is 23.5 Å². The largest absolute Gasteiger partial charge is 0.419 e. The number of benzene rings is 1. The number of rotatable bonds is 1. The van der Waals surface area contributed by atoms with Crippen molar-refractivity contribution in [2.24, 2.45) is 7.05 Å². The Labute approximate surface area is 124 Å². The molecule has 1 aromatic carbocycles. The lowest BCUT2D eigenvalue weighted by Gasteiger charge is -2.36. The summed E-state index contributed by atoms with van der Waals surface area (Å²) >= 11 is 0. The highest BCUT2D eigenvalue weighted by Gasteiger charge is 2.28. The molecule has 1 aromatic heterocycles. The summed E-state index contributed by atoms with van der Waals surface area (Å²) in [5.74, 6) is 0.240. The fraction of sp³-hybridized carbons (Fsp3) is 0.533. The summed E-state index contributed by atoms with van der Waals surface area (Å²) in [6, 6.07) is 6.15. The molecule has 1 saturated heterocycles. The Balaban J connectivity index is 0.00000147. The van der Waals surface area contributed by atoms with Crippen LogP contribution >= 0.6 is 12.4 Å². The number of nitrogens with one attached hydrogen (secondary N) is 1. The lowest BCUT2D eigenvalue weighted by molar-refractivity contribution is 0.275. The van der Waals surface area contributed by atoms with Gasteiger partial charge in [0.2, 0.25) is 0 Å². The molecule has 1 atom stereocenters. The Morgan fingerprint density at radius 1 is 1.40 bits per heavy atom. The van der Waals surface area contributed by atoms with Crippen LogP contribution in [-0.2, 0) is 7.05 Å². The predicted molar refractivity (Wildman–Crippen MR) is 82.8 cm³/mol. The standard InChI is InChI=1S/C15H20N2O2.ClH/c1-15(2)9-11(6-7-16-15)10-4-5-12-13(8-10)19-14(18)17(12)3;/h4-5,8,11,16H,6-7,9H2,1-3H3;1H. The zero-order chi connectivity index (χ0) is 13.6. The second-order valence-electron chi connectivity index (χ2n) is 6.15. The van der Waals surface area contributed by atoms with Gasteiger partial charge in [0, 0.05) is 12.6 Å². The van der Waals surface area contributed by atoms with E-state index in [4.69, 9.17) is 4.42 Å². The molecule has 2 heterocycles. The summed E-state index contributed by atoms with van der Waals surface area (Å²) < 4.78 is 6.82. The normalized spacial score (nSPS) is 21.6. The highest BCUT2D eigenvalue weighted by Crippen LogP contribution is 2.33. The van der Waals surface area contributed by atoms with Gasteiger partial charge in [-0.3, -0.25) is 4.57 Å². The van der Waals surface area contributed by atoms with Gasteiger partial charge in [-0.05, 0) is 56.8 Å². The molecule has 2 aromatic rings. The number of hydrogen-bond donors (Lipinski definition) is 1. The van der Waals surface area contributed by atoms with Crippen molar-refractivity contribution < 1.29 is 4.42 Å². The third-order valence-electron chi connectivity index (χ3n) is 4.14. The van der Waals surface area contributed by atoms with E-state index in [0.29, 0.717) is 11.5 Å². The van der Waals surface area contributed by atoms with E-state index in [-0.39, 0.29) is 23.7 Å². The third kappa shape index (κ3) is 2.63. The van der Waals surface area contributed by atoms with Crippen LogP contribution in [0.2, 0.25) is 0 Å². The number of piperidine rings is 1. The molecule has 0 amide bonds. The van der Waals surface area contributed by atoms with E-state index in [1.165, 1.54) is 5.56 Å². The molecule has 1 fully saturated rings. The molecular formula is C15H21ClN2O2. The number of hydrogen-bond acceptors (Lipinski definition) is 3. The first-order chi connectivity index (χ1) is 8.96. The van der Waals surface area contributed by atoms with Crippen molar-refractivity contribution in [2.45, 2.75) is 38.1 Å². The molecule has 1 aliphatic rings. The summed E-state index contributed by atoms with van der Waals surface area (Å²) in [6.07, 6.45) is 2.24. The number of nitrogens with zero attached hydrogens (tertiary/aromatic N) is 1. The van der Waals surface area contributed by atoms with E-state index >= 15 is 0 Å². The first-order valence-corrected chi connectivity index (χ1v) is 6.81. The Hall–Kier alpha value is -1.26. The molecule has 5 heteroatoms. The average molecular weight is 297 g/mol. The Morgan fingerprint density at radius 3 is 2.85 bits per heavy atom. The number of aromatic nitrogens is 1. The summed E-state index contributed by atoms with van der Waals surface area (Å²) in [5, 5.41) is 3.53. The van der Waals surface area contributed by atoms with E-state index in [0.717, 1.165) is 24.9 Å². The van der Waals surface area contributed by atoms with Gasteiger partial charge in [-0.2, -0.15) is 0 Å². The molecule has 3 rings (SSSR count). The molecule has 110 valence electrons. The second-order valence-corrected chi connectivity index (χ2v) is 6.15. The number of fused-ring (bicyclic) bond motifs is 1. The van der Waals surface area contributed by atoms with Crippen molar-refractivity contribution in [1.29, 1.82) is 0 Å². The highest BCUT2D eigenvalue weighted by molar-refractivity contribution is 5.85. The van der Waals surface area contributed by atoms with Crippen molar-refractivity contribution in [2.75, 3.05) is 6.54 Å². The zero-order valence-corrected chi connectivity index (χ0v) is 12.9. The fourth-order valence-electron chi connectivity index (χ4n) is 3.06. The van der Waals surface area contributed by atoms with E-state index in [1.807, 2.05) is 12.1 Å². The first kappa shape index (κ1) is 15.1. The van der Waals surface area contributed by atoms with Gasteiger partial charge in [0.1, 0.15) is 0 Å². The quantitative estimate of drug-likeness (QED) is 0.880.